The van der Waals surface area contributed by atoms with Gasteiger partial charge in [-0.05, 0) is 41.9 Å². The van der Waals surface area contributed by atoms with Crippen molar-refractivity contribution in [1.29, 1.82) is 0 Å². The van der Waals surface area contributed by atoms with Crippen molar-refractivity contribution in [3.63, 3.8) is 0 Å². The molecule has 0 saturated heterocycles. The van der Waals surface area contributed by atoms with Gasteiger partial charge in [0.15, 0.2) is 0 Å². The van der Waals surface area contributed by atoms with Crippen LogP contribution in [0.25, 0.3) is 0 Å². The molecule has 0 aliphatic heterocycles. The summed E-state index contributed by atoms with van der Waals surface area (Å²) in [6.45, 7) is 5.29. The number of anilines is 1. The molecule has 4 nitrogen and oxygen atoms in total. The van der Waals surface area contributed by atoms with E-state index >= 15 is 0 Å². The Kier molecular flexibility index (Phi) is 5.62. The van der Waals surface area contributed by atoms with Gasteiger partial charge in [0.25, 0.3) is 0 Å². The number of carboxylic acids is 1. The topological polar surface area (TPSA) is 49.8 Å². The molecule has 1 rings (SSSR count). The molecule has 0 spiro atoms. The quantitative estimate of drug-likeness (QED) is 0.876. The molecule has 0 saturated carbocycles. The maximum atomic E-state index is 11.4. The fourth-order valence-corrected chi connectivity index (χ4v) is 2.54. The Bertz CT molecular complexity index is 423. The zero-order valence-corrected chi connectivity index (χ0v) is 12.4. The van der Waals surface area contributed by atoms with Crippen LogP contribution >= 0.6 is 15.9 Å². The third kappa shape index (κ3) is 3.23. The Labute approximate surface area is 116 Å². The highest BCUT2D eigenvalue weighted by Gasteiger charge is 2.21. The second-order valence-electron chi connectivity index (χ2n) is 4.03. The summed E-state index contributed by atoms with van der Waals surface area (Å²) < 4.78 is 5.73. The summed E-state index contributed by atoms with van der Waals surface area (Å²) in [5.74, 6) is -0.930. The molecular weight excluding hydrogens is 298 g/mol. The van der Waals surface area contributed by atoms with E-state index in [2.05, 4.69) is 15.9 Å². The van der Waals surface area contributed by atoms with Crippen LogP contribution in [0.15, 0.2) is 22.7 Å². The normalized spacial score (nSPS) is 12.2. The van der Waals surface area contributed by atoms with E-state index in [9.17, 15) is 9.90 Å². The first-order chi connectivity index (χ1) is 8.52. The van der Waals surface area contributed by atoms with Crippen LogP contribution in [0.4, 0.5) is 5.69 Å². The van der Waals surface area contributed by atoms with Gasteiger partial charge in [0.2, 0.25) is 0 Å². The van der Waals surface area contributed by atoms with Crippen LogP contribution in [0.5, 0.6) is 0 Å². The smallest absolute Gasteiger partial charge is 0.338 e. The standard InChI is InChI=1S/C13H18BrNO3/c1-4-15(9(2)8-18-3)11-7-5-6-10(14)12(11)13(16)17/h5-7,9H,4,8H2,1-3H3,(H,16,17). The molecule has 1 aromatic rings. The second kappa shape index (κ2) is 6.75. The number of halogens is 1. The first kappa shape index (κ1) is 15.0. The number of carboxylic acid groups (broad SMARTS) is 1. The lowest BCUT2D eigenvalue weighted by atomic mass is 10.1. The average Bonchev–Trinajstić information content (AvgIpc) is 2.29. The SMILES string of the molecule is CCN(c1cccc(Br)c1C(=O)O)C(C)COC. The van der Waals surface area contributed by atoms with Crippen molar-refractivity contribution in [1.82, 2.24) is 0 Å². The van der Waals surface area contributed by atoms with Crippen LogP contribution in [0.2, 0.25) is 0 Å². The van der Waals surface area contributed by atoms with Gasteiger partial charge in [-0.15, -0.1) is 0 Å². The Morgan fingerprint density at radius 3 is 2.72 bits per heavy atom. The first-order valence-corrected chi connectivity index (χ1v) is 6.59. The van der Waals surface area contributed by atoms with Crippen LogP contribution in [0.3, 0.4) is 0 Å². The number of methoxy groups -OCH3 is 1. The number of benzene rings is 1. The van der Waals surface area contributed by atoms with Gasteiger partial charge in [-0.3, -0.25) is 0 Å². The Morgan fingerprint density at radius 1 is 1.56 bits per heavy atom. The highest BCUT2D eigenvalue weighted by molar-refractivity contribution is 9.10. The molecule has 100 valence electrons. The van der Waals surface area contributed by atoms with Crippen molar-refractivity contribution in [3.05, 3.63) is 28.2 Å². The minimum atomic E-state index is -0.930. The molecule has 0 bridgehead atoms. The zero-order chi connectivity index (χ0) is 13.7. The Morgan fingerprint density at radius 2 is 2.22 bits per heavy atom. The third-order valence-electron chi connectivity index (χ3n) is 2.80. The van der Waals surface area contributed by atoms with E-state index in [0.29, 0.717) is 22.3 Å². The van der Waals surface area contributed by atoms with E-state index < -0.39 is 5.97 Å². The van der Waals surface area contributed by atoms with E-state index in [0.717, 1.165) is 6.54 Å². The van der Waals surface area contributed by atoms with E-state index in [4.69, 9.17) is 4.74 Å². The highest BCUT2D eigenvalue weighted by Crippen LogP contribution is 2.29. The van der Waals surface area contributed by atoms with Crippen LogP contribution in [0.1, 0.15) is 24.2 Å². The maximum absolute atomic E-state index is 11.4. The van der Waals surface area contributed by atoms with Gasteiger partial charge in [0.1, 0.15) is 0 Å². The molecule has 0 aliphatic rings. The fraction of sp³-hybridized carbons (Fsp3) is 0.462. The summed E-state index contributed by atoms with van der Waals surface area (Å²) in [7, 11) is 1.64. The molecule has 0 aliphatic carbocycles. The van der Waals surface area contributed by atoms with Crippen molar-refractivity contribution < 1.29 is 14.6 Å². The minimum Gasteiger partial charge on any atom is -0.478 e. The average molecular weight is 316 g/mol. The monoisotopic (exact) mass is 315 g/mol. The van der Waals surface area contributed by atoms with Crippen molar-refractivity contribution in [2.75, 3.05) is 25.2 Å². The molecule has 0 radical (unpaired) electrons. The van der Waals surface area contributed by atoms with E-state index in [-0.39, 0.29) is 6.04 Å². The molecule has 1 aromatic carbocycles. The van der Waals surface area contributed by atoms with Gasteiger partial charge < -0.3 is 14.7 Å². The van der Waals surface area contributed by atoms with Gasteiger partial charge in [0, 0.05) is 24.2 Å². The predicted molar refractivity (Wildman–Crippen MR) is 75.5 cm³/mol. The molecular formula is C13H18BrNO3. The van der Waals surface area contributed by atoms with Gasteiger partial charge in [-0.25, -0.2) is 4.79 Å². The zero-order valence-electron chi connectivity index (χ0n) is 10.8. The lowest BCUT2D eigenvalue weighted by molar-refractivity contribution is 0.0696. The number of likely N-dealkylation sites (N-methyl/N-ethyl adjacent to an activating group) is 1. The lowest BCUT2D eigenvalue weighted by Crippen LogP contribution is -2.37. The molecule has 0 aromatic heterocycles. The minimum absolute atomic E-state index is 0.118. The summed E-state index contributed by atoms with van der Waals surface area (Å²) in [5.41, 5.74) is 1.01. The van der Waals surface area contributed by atoms with E-state index in [1.54, 1.807) is 13.2 Å². The molecule has 1 unspecified atom stereocenters. The number of rotatable bonds is 6. The van der Waals surface area contributed by atoms with E-state index in [1.807, 2.05) is 30.9 Å². The maximum Gasteiger partial charge on any atom is 0.338 e. The predicted octanol–water partition coefficient (Wildman–Crippen LogP) is 3.01. The number of ether oxygens (including phenoxy) is 1. The summed E-state index contributed by atoms with van der Waals surface area (Å²) in [6.07, 6.45) is 0. The Hall–Kier alpha value is -1.07. The fourth-order valence-electron chi connectivity index (χ4n) is 2.01. The molecule has 1 N–H and O–H groups in total. The number of hydrogen-bond donors (Lipinski definition) is 1. The van der Waals surface area contributed by atoms with Gasteiger partial charge >= 0.3 is 5.97 Å². The van der Waals surface area contributed by atoms with Crippen LogP contribution < -0.4 is 4.90 Å². The van der Waals surface area contributed by atoms with Crippen molar-refractivity contribution in [3.8, 4) is 0 Å². The third-order valence-corrected chi connectivity index (χ3v) is 3.46. The first-order valence-electron chi connectivity index (χ1n) is 5.80. The summed E-state index contributed by atoms with van der Waals surface area (Å²) in [4.78, 5) is 13.4. The largest absolute Gasteiger partial charge is 0.478 e. The second-order valence-corrected chi connectivity index (χ2v) is 4.88. The molecule has 0 heterocycles. The van der Waals surface area contributed by atoms with Gasteiger partial charge in [0.05, 0.1) is 17.9 Å². The van der Waals surface area contributed by atoms with Gasteiger partial charge in [-0.2, -0.15) is 0 Å². The molecule has 1 atom stereocenters. The number of aromatic carboxylic acids is 1. The van der Waals surface area contributed by atoms with Crippen LogP contribution in [-0.4, -0.2) is 37.4 Å². The number of carbonyl (C=O) groups is 1. The summed E-state index contributed by atoms with van der Waals surface area (Å²) >= 11 is 3.29. The van der Waals surface area contributed by atoms with E-state index in [1.165, 1.54) is 0 Å². The van der Waals surface area contributed by atoms with Crippen molar-refractivity contribution in [2.24, 2.45) is 0 Å². The number of hydrogen-bond acceptors (Lipinski definition) is 3. The molecule has 0 fully saturated rings. The van der Waals surface area contributed by atoms with Crippen LogP contribution in [-0.2, 0) is 4.74 Å². The lowest BCUT2D eigenvalue weighted by Gasteiger charge is -2.31. The molecule has 5 heteroatoms. The number of nitrogens with zero attached hydrogens (tertiary/aromatic N) is 1. The molecule has 18 heavy (non-hydrogen) atoms. The summed E-state index contributed by atoms with van der Waals surface area (Å²) in [5, 5.41) is 9.31. The molecule has 0 amide bonds. The van der Waals surface area contributed by atoms with Crippen LogP contribution in [0, 0.1) is 0 Å². The highest BCUT2D eigenvalue weighted by atomic mass is 79.9. The van der Waals surface area contributed by atoms with Crippen molar-refractivity contribution in [2.45, 2.75) is 19.9 Å². The van der Waals surface area contributed by atoms with Gasteiger partial charge in [-0.1, -0.05) is 6.07 Å². The summed E-state index contributed by atoms with van der Waals surface area (Å²) in [6, 6.07) is 5.52. The van der Waals surface area contributed by atoms with Crippen molar-refractivity contribution >= 4 is 27.6 Å². The Balaban J connectivity index is 3.21.